The quantitative estimate of drug-likeness (QED) is 0.757. The molecule has 0 saturated carbocycles. The lowest BCUT2D eigenvalue weighted by Gasteiger charge is -2.20. The second-order valence-electron chi connectivity index (χ2n) is 5.38. The van der Waals surface area contributed by atoms with Crippen LogP contribution < -0.4 is 10.1 Å². The third-order valence-electron chi connectivity index (χ3n) is 3.79. The van der Waals surface area contributed by atoms with Gasteiger partial charge in [0.25, 0.3) is 5.91 Å². The Morgan fingerprint density at radius 1 is 1.21 bits per heavy atom. The summed E-state index contributed by atoms with van der Waals surface area (Å²) in [6.45, 7) is 1.81. The van der Waals surface area contributed by atoms with Crippen molar-refractivity contribution in [3.8, 4) is 5.75 Å². The first-order valence-electron chi connectivity index (χ1n) is 7.53. The highest BCUT2D eigenvalue weighted by Gasteiger charge is 2.20. The van der Waals surface area contributed by atoms with Gasteiger partial charge >= 0.3 is 0 Å². The molecule has 24 heavy (non-hydrogen) atoms. The Labute approximate surface area is 139 Å². The van der Waals surface area contributed by atoms with E-state index < -0.39 is 0 Å². The number of aromatic amines is 1. The molecule has 0 saturated heterocycles. The minimum Gasteiger partial charge on any atom is -0.497 e. The van der Waals surface area contributed by atoms with Gasteiger partial charge in [0.05, 0.1) is 24.9 Å². The fraction of sp³-hybridized carbons (Fsp3) is 0.167. The summed E-state index contributed by atoms with van der Waals surface area (Å²) < 4.78 is 5.29. The Morgan fingerprint density at radius 3 is 2.71 bits per heavy atom. The van der Waals surface area contributed by atoms with Gasteiger partial charge in [-0.05, 0) is 36.2 Å². The maximum absolute atomic E-state index is 12.6. The van der Waals surface area contributed by atoms with Crippen LogP contribution in [0.15, 0.2) is 55.0 Å². The highest BCUT2D eigenvalue weighted by atomic mass is 16.5. The minimum absolute atomic E-state index is 0.196. The maximum atomic E-state index is 12.6. The number of aromatic nitrogens is 3. The number of rotatable bonds is 5. The molecular weight excluding hydrogens is 304 g/mol. The zero-order chi connectivity index (χ0) is 16.9. The monoisotopic (exact) mass is 322 g/mol. The van der Waals surface area contributed by atoms with Crippen LogP contribution in [0.1, 0.15) is 33.2 Å². The molecule has 2 heterocycles. The highest BCUT2D eigenvalue weighted by molar-refractivity contribution is 5.95. The first-order chi connectivity index (χ1) is 11.7. The molecule has 0 aliphatic heterocycles. The minimum atomic E-state index is -0.337. The molecule has 0 bridgehead atoms. The Balaban J connectivity index is 1.96. The largest absolute Gasteiger partial charge is 0.497 e. The van der Waals surface area contributed by atoms with E-state index >= 15 is 0 Å². The van der Waals surface area contributed by atoms with E-state index in [1.807, 2.05) is 43.3 Å². The highest BCUT2D eigenvalue weighted by Crippen LogP contribution is 2.25. The van der Waals surface area contributed by atoms with Gasteiger partial charge in [-0.2, -0.15) is 5.10 Å². The maximum Gasteiger partial charge on any atom is 0.255 e. The van der Waals surface area contributed by atoms with Gasteiger partial charge in [0.1, 0.15) is 5.75 Å². The number of pyridine rings is 1. The van der Waals surface area contributed by atoms with Gasteiger partial charge in [-0.3, -0.25) is 14.9 Å². The number of H-pyrrole nitrogens is 1. The molecule has 0 aliphatic carbocycles. The van der Waals surface area contributed by atoms with E-state index in [2.05, 4.69) is 20.5 Å². The van der Waals surface area contributed by atoms with Crippen LogP contribution in [0.4, 0.5) is 0 Å². The lowest BCUT2D eigenvalue weighted by Crippen LogP contribution is -2.29. The summed E-state index contributed by atoms with van der Waals surface area (Å²) in [5, 5.41) is 9.73. The molecule has 2 aromatic heterocycles. The Hall–Kier alpha value is -3.15. The standard InChI is InChI=1S/C18H18N4O2/c1-12-16(11-20-22-12)18(23)21-17(14-6-4-8-19-10-14)13-5-3-7-15(9-13)24-2/h3-11,17H,1-2H3,(H,20,22)(H,21,23)/t17-/m0/s1. The molecule has 2 N–H and O–H groups in total. The Kier molecular flexibility index (Phi) is 4.56. The van der Waals surface area contributed by atoms with Crippen molar-refractivity contribution in [2.75, 3.05) is 7.11 Å². The van der Waals surface area contributed by atoms with Crippen LogP contribution in [0.25, 0.3) is 0 Å². The van der Waals surface area contributed by atoms with E-state index in [4.69, 9.17) is 4.74 Å². The van der Waals surface area contributed by atoms with E-state index in [-0.39, 0.29) is 11.9 Å². The average Bonchev–Trinajstić information content (AvgIpc) is 3.06. The second kappa shape index (κ2) is 6.95. The van der Waals surface area contributed by atoms with Crippen molar-refractivity contribution in [2.24, 2.45) is 0 Å². The van der Waals surface area contributed by atoms with Crippen LogP contribution in [-0.4, -0.2) is 28.2 Å². The molecular formula is C18H18N4O2. The number of aryl methyl sites for hydroxylation is 1. The average molecular weight is 322 g/mol. The van der Waals surface area contributed by atoms with E-state index in [0.29, 0.717) is 5.56 Å². The summed E-state index contributed by atoms with van der Waals surface area (Å²) in [5.74, 6) is 0.535. The van der Waals surface area contributed by atoms with E-state index in [1.165, 1.54) is 6.20 Å². The Bertz CT molecular complexity index is 830. The number of ether oxygens (including phenoxy) is 1. The number of hydrogen-bond acceptors (Lipinski definition) is 4. The summed E-state index contributed by atoms with van der Waals surface area (Å²) in [7, 11) is 1.62. The van der Waals surface area contributed by atoms with E-state index in [0.717, 1.165) is 22.6 Å². The predicted octanol–water partition coefficient (Wildman–Crippen LogP) is 2.64. The van der Waals surface area contributed by atoms with Crippen LogP contribution in [0.5, 0.6) is 5.75 Å². The van der Waals surface area contributed by atoms with Gasteiger partial charge in [-0.25, -0.2) is 0 Å². The fourth-order valence-corrected chi connectivity index (χ4v) is 2.52. The number of benzene rings is 1. The first kappa shape index (κ1) is 15.7. The molecule has 3 aromatic rings. The van der Waals surface area contributed by atoms with E-state index in [9.17, 15) is 4.79 Å². The lowest BCUT2D eigenvalue weighted by atomic mass is 9.99. The van der Waals surface area contributed by atoms with Gasteiger partial charge < -0.3 is 10.1 Å². The first-order valence-corrected chi connectivity index (χ1v) is 7.53. The lowest BCUT2D eigenvalue weighted by molar-refractivity contribution is 0.0942. The van der Waals surface area contributed by atoms with Crippen molar-refractivity contribution in [3.05, 3.63) is 77.4 Å². The van der Waals surface area contributed by atoms with Crippen LogP contribution in [-0.2, 0) is 0 Å². The van der Waals surface area contributed by atoms with Gasteiger partial charge in [0.15, 0.2) is 0 Å². The zero-order valence-electron chi connectivity index (χ0n) is 13.5. The molecule has 3 rings (SSSR count). The normalized spacial score (nSPS) is 11.8. The third-order valence-corrected chi connectivity index (χ3v) is 3.79. The number of methoxy groups -OCH3 is 1. The molecule has 0 unspecified atom stereocenters. The van der Waals surface area contributed by atoms with Crippen molar-refractivity contribution >= 4 is 5.91 Å². The Morgan fingerprint density at radius 2 is 2.04 bits per heavy atom. The summed E-state index contributed by atoms with van der Waals surface area (Å²) in [4.78, 5) is 16.8. The molecule has 0 radical (unpaired) electrons. The summed E-state index contributed by atoms with van der Waals surface area (Å²) in [6, 6.07) is 11.1. The van der Waals surface area contributed by atoms with E-state index in [1.54, 1.807) is 19.5 Å². The van der Waals surface area contributed by atoms with Crippen LogP contribution in [0, 0.1) is 6.92 Å². The number of carbonyl (C=O) groups is 1. The molecule has 6 heteroatoms. The van der Waals surface area contributed by atoms with Gasteiger partial charge in [0, 0.05) is 18.1 Å². The third kappa shape index (κ3) is 3.27. The molecule has 1 amide bonds. The van der Waals surface area contributed by atoms with Crippen LogP contribution in [0.3, 0.4) is 0 Å². The molecule has 122 valence electrons. The van der Waals surface area contributed by atoms with Crippen LogP contribution in [0.2, 0.25) is 0 Å². The SMILES string of the molecule is COc1cccc([C@H](NC(=O)c2cn[nH]c2C)c2cccnc2)c1. The molecule has 0 spiro atoms. The molecule has 1 atom stereocenters. The zero-order valence-corrected chi connectivity index (χ0v) is 13.5. The van der Waals surface area contributed by atoms with Crippen molar-refractivity contribution in [3.63, 3.8) is 0 Å². The molecule has 0 fully saturated rings. The van der Waals surface area contributed by atoms with Gasteiger partial charge in [-0.1, -0.05) is 18.2 Å². The van der Waals surface area contributed by atoms with Crippen molar-refractivity contribution in [2.45, 2.75) is 13.0 Å². The fourth-order valence-electron chi connectivity index (χ4n) is 2.52. The van der Waals surface area contributed by atoms with Crippen molar-refractivity contribution < 1.29 is 9.53 Å². The smallest absolute Gasteiger partial charge is 0.255 e. The number of hydrogen-bond donors (Lipinski definition) is 2. The van der Waals surface area contributed by atoms with Gasteiger partial charge in [-0.15, -0.1) is 0 Å². The topological polar surface area (TPSA) is 79.9 Å². The molecule has 0 aliphatic rings. The van der Waals surface area contributed by atoms with Gasteiger partial charge in [0.2, 0.25) is 0 Å². The summed E-state index contributed by atoms with van der Waals surface area (Å²) in [5.41, 5.74) is 3.05. The number of nitrogens with zero attached hydrogens (tertiary/aromatic N) is 2. The van der Waals surface area contributed by atoms with Crippen LogP contribution >= 0.6 is 0 Å². The van der Waals surface area contributed by atoms with Crippen molar-refractivity contribution in [1.29, 1.82) is 0 Å². The second-order valence-corrected chi connectivity index (χ2v) is 5.38. The number of carbonyl (C=O) groups excluding carboxylic acids is 1. The molecule has 1 aromatic carbocycles. The summed E-state index contributed by atoms with van der Waals surface area (Å²) >= 11 is 0. The number of amides is 1. The number of nitrogens with one attached hydrogen (secondary N) is 2. The predicted molar refractivity (Wildman–Crippen MR) is 89.9 cm³/mol. The molecule has 6 nitrogen and oxygen atoms in total. The summed E-state index contributed by atoms with van der Waals surface area (Å²) in [6.07, 6.45) is 4.97. The van der Waals surface area contributed by atoms with Crippen molar-refractivity contribution in [1.82, 2.24) is 20.5 Å².